The molecule has 5 atom stereocenters. The number of hydrogen-bond acceptors (Lipinski definition) is 8. The van der Waals surface area contributed by atoms with Crippen molar-refractivity contribution in [1.29, 1.82) is 0 Å². The first kappa shape index (κ1) is 14.3. The summed E-state index contributed by atoms with van der Waals surface area (Å²) in [5, 5.41) is 40.1. The third-order valence-electron chi connectivity index (χ3n) is 2.49. The lowest BCUT2D eigenvalue weighted by Crippen LogP contribution is -2.71. The van der Waals surface area contributed by atoms with Gasteiger partial charge in [-0.25, -0.2) is 10.7 Å². The Morgan fingerprint density at radius 3 is 2.53 bits per heavy atom. The van der Waals surface area contributed by atoms with Crippen LogP contribution in [0, 0.1) is 0 Å². The molecule has 1 fully saturated rings. The number of amides is 1. The molecular formula is C8H16N2O7. The van der Waals surface area contributed by atoms with E-state index in [4.69, 9.17) is 15.7 Å². The summed E-state index contributed by atoms with van der Waals surface area (Å²) in [6.45, 7) is 0.463. The first-order valence-electron chi connectivity index (χ1n) is 4.88. The van der Waals surface area contributed by atoms with E-state index >= 15 is 0 Å². The zero-order valence-corrected chi connectivity index (χ0v) is 9.11. The topological polar surface area (TPSA) is 155 Å². The highest BCUT2D eigenvalue weighted by atomic mass is 16.9. The summed E-state index contributed by atoms with van der Waals surface area (Å²) in [6, 6.07) is -1.48. The lowest BCUT2D eigenvalue weighted by molar-refractivity contribution is -0.427. The van der Waals surface area contributed by atoms with Crippen LogP contribution in [0.15, 0.2) is 0 Å². The average Bonchev–Trinajstić information content (AvgIpc) is 2.29. The quantitative estimate of drug-likeness (QED) is 0.220. The highest BCUT2D eigenvalue weighted by molar-refractivity contribution is 5.73. The molecule has 1 amide bonds. The molecule has 7 N–H and O–H groups in total. The number of carbonyl (C=O) groups excluding carboxylic acids is 1. The van der Waals surface area contributed by atoms with Crippen molar-refractivity contribution in [2.45, 2.75) is 37.3 Å². The predicted molar refractivity (Wildman–Crippen MR) is 51.8 cm³/mol. The number of nitrogens with two attached hydrogens (primary N) is 1. The minimum atomic E-state index is -2.53. The summed E-state index contributed by atoms with van der Waals surface area (Å²) < 4.78 is 4.80. The van der Waals surface area contributed by atoms with Crippen LogP contribution in [0.1, 0.15) is 6.92 Å². The molecule has 0 saturated carbocycles. The van der Waals surface area contributed by atoms with Gasteiger partial charge in [-0.3, -0.25) is 4.79 Å². The van der Waals surface area contributed by atoms with Gasteiger partial charge in [-0.15, -0.1) is 0 Å². The maximum absolute atomic E-state index is 10.9. The zero-order valence-electron chi connectivity index (χ0n) is 9.11. The van der Waals surface area contributed by atoms with Gasteiger partial charge in [0.25, 0.3) is 0 Å². The van der Waals surface area contributed by atoms with Crippen LogP contribution in [0.2, 0.25) is 0 Å². The van der Waals surface area contributed by atoms with Crippen molar-refractivity contribution < 1.29 is 34.8 Å². The molecule has 0 bridgehead atoms. The minimum absolute atomic E-state index is 0.595. The van der Waals surface area contributed by atoms with E-state index < -0.39 is 42.8 Å². The Kier molecular flexibility index (Phi) is 4.38. The smallest absolute Gasteiger partial charge is 0.320 e. The lowest BCUT2D eigenvalue weighted by Gasteiger charge is -2.45. The van der Waals surface area contributed by atoms with Crippen LogP contribution in [0.3, 0.4) is 0 Å². The normalized spacial score (nSPS) is 42.2. The van der Waals surface area contributed by atoms with Crippen LogP contribution in [0.25, 0.3) is 0 Å². The molecule has 1 unspecified atom stereocenters. The molecule has 0 aromatic carbocycles. The third kappa shape index (κ3) is 2.72. The molecule has 1 aliphatic heterocycles. The van der Waals surface area contributed by atoms with Crippen molar-refractivity contribution in [1.82, 2.24) is 5.32 Å². The number of carbonyl (C=O) groups is 1. The van der Waals surface area contributed by atoms with Crippen molar-refractivity contribution in [3.8, 4) is 0 Å². The second kappa shape index (κ2) is 5.23. The van der Waals surface area contributed by atoms with Gasteiger partial charge in [0.05, 0.1) is 6.61 Å². The van der Waals surface area contributed by atoms with E-state index in [0.29, 0.717) is 0 Å². The van der Waals surface area contributed by atoms with Gasteiger partial charge in [0.2, 0.25) is 5.91 Å². The summed E-state index contributed by atoms with van der Waals surface area (Å²) in [4.78, 5) is 15.1. The molecule has 100 valence electrons. The molecule has 9 heteroatoms. The van der Waals surface area contributed by atoms with E-state index in [0.717, 1.165) is 6.92 Å². The lowest BCUT2D eigenvalue weighted by atomic mass is 9.95. The van der Waals surface area contributed by atoms with Gasteiger partial charge in [-0.2, -0.15) is 0 Å². The number of nitrogens with one attached hydrogen (secondary N) is 1. The Balaban J connectivity index is 2.95. The Hall–Kier alpha value is -0.810. The molecule has 0 aromatic rings. The van der Waals surface area contributed by atoms with Crippen LogP contribution in [-0.2, 0) is 14.4 Å². The predicted octanol–water partition coefficient (Wildman–Crippen LogP) is -3.86. The first-order valence-corrected chi connectivity index (χ1v) is 4.88. The summed E-state index contributed by atoms with van der Waals surface area (Å²) in [6.07, 6.45) is -4.41. The van der Waals surface area contributed by atoms with Gasteiger partial charge < -0.3 is 30.5 Å². The van der Waals surface area contributed by atoms with Crippen LogP contribution >= 0.6 is 0 Å². The van der Waals surface area contributed by atoms with Gasteiger partial charge in [0.15, 0.2) is 0 Å². The van der Waals surface area contributed by atoms with Crippen LogP contribution in [0.4, 0.5) is 0 Å². The van der Waals surface area contributed by atoms with Gasteiger partial charge in [-0.05, 0) is 0 Å². The maximum atomic E-state index is 10.9. The Morgan fingerprint density at radius 1 is 1.53 bits per heavy atom. The van der Waals surface area contributed by atoms with Gasteiger partial charge >= 0.3 is 5.97 Å². The molecular weight excluding hydrogens is 236 g/mol. The summed E-state index contributed by atoms with van der Waals surface area (Å²) >= 11 is 0. The zero-order chi connectivity index (χ0) is 13.2. The third-order valence-corrected chi connectivity index (χ3v) is 2.49. The second-order valence-corrected chi connectivity index (χ2v) is 3.75. The molecule has 0 spiro atoms. The second-order valence-electron chi connectivity index (χ2n) is 3.75. The van der Waals surface area contributed by atoms with Gasteiger partial charge in [0.1, 0.15) is 24.4 Å². The average molecular weight is 252 g/mol. The van der Waals surface area contributed by atoms with E-state index in [2.05, 4.69) is 10.2 Å². The van der Waals surface area contributed by atoms with Crippen molar-refractivity contribution in [3.05, 3.63) is 0 Å². The molecule has 0 aliphatic carbocycles. The summed E-state index contributed by atoms with van der Waals surface area (Å²) in [7, 11) is 0. The fourth-order valence-electron chi connectivity index (χ4n) is 1.63. The maximum Gasteiger partial charge on any atom is 0.320 e. The van der Waals surface area contributed by atoms with E-state index in [9.17, 15) is 20.1 Å². The number of aliphatic hydroxyl groups is 4. The summed E-state index contributed by atoms with van der Waals surface area (Å²) in [5.74, 6) is 1.70. The molecule has 9 nitrogen and oxygen atoms in total. The van der Waals surface area contributed by atoms with E-state index in [1.807, 2.05) is 0 Å². The van der Waals surface area contributed by atoms with Crippen molar-refractivity contribution in [2.24, 2.45) is 5.90 Å². The van der Waals surface area contributed by atoms with E-state index in [-0.39, 0.29) is 0 Å². The molecule has 17 heavy (non-hydrogen) atoms. The molecule has 1 aliphatic rings. The molecule has 1 heterocycles. The van der Waals surface area contributed by atoms with Crippen molar-refractivity contribution in [3.63, 3.8) is 0 Å². The monoisotopic (exact) mass is 252 g/mol. The van der Waals surface area contributed by atoms with Crippen LogP contribution < -0.4 is 11.2 Å². The highest BCUT2D eigenvalue weighted by Gasteiger charge is 2.55. The Labute approximate surface area is 96.7 Å². The minimum Gasteiger partial charge on any atom is -0.394 e. The van der Waals surface area contributed by atoms with Gasteiger partial charge in [0, 0.05) is 6.92 Å². The first-order chi connectivity index (χ1) is 7.85. The number of aliphatic hydroxyl groups excluding tert-OH is 3. The Morgan fingerprint density at radius 2 is 2.12 bits per heavy atom. The SMILES string of the molecule is CC(=O)N[C@@H]1[C@@H](O)[C@H](O)[C@@H](CO)OC1(O)ON. The van der Waals surface area contributed by atoms with Gasteiger partial charge in [-0.1, -0.05) is 0 Å². The molecule has 1 saturated heterocycles. The fraction of sp³-hybridized carbons (Fsp3) is 0.875. The van der Waals surface area contributed by atoms with Crippen LogP contribution in [0.5, 0.6) is 0 Å². The number of rotatable bonds is 3. The van der Waals surface area contributed by atoms with Crippen LogP contribution in [-0.4, -0.2) is 63.3 Å². The molecule has 0 radical (unpaired) electrons. The van der Waals surface area contributed by atoms with E-state index in [1.54, 1.807) is 0 Å². The Bertz CT molecular complexity index is 289. The highest BCUT2D eigenvalue weighted by Crippen LogP contribution is 2.28. The fourth-order valence-corrected chi connectivity index (χ4v) is 1.63. The molecule has 0 aromatic heterocycles. The molecule has 1 rings (SSSR count). The summed E-state index contributed by atoms with van der Waals surface area (Å²) in [5.41, 5.74) is 0. The van der Waals surface area contributed by atoms with Crippen molar-refractivity contribution in [2.75, 3.05) is 6.61 Å². The van der Waals surface area contributed by atoms with Crippen molar-refractivity contribution >= 4 is 5.91 Å². The largest absolute Gasteiger partial charge is 0.394 e. The number of ether oxygens (including phenoxy) is 1. The standard InChI is InChI=1S/C8H16N2O7/c1-3(12)10-7-6(14)5(13)4(2-11)16-8(7,15)17-9/h4-7,11,13-15H,2,9H2,1H3,(H,10,12)/t4-,5-,6+,7-,8?/m1/s1. The van der Waals surface area contributed by atoms with E-state index in [1.165, 1.54) is 0 Å². The number of hydrogen-bond donors (Lipinski definition) is 6.